The van der Waals surface area contributed by atoms with Crippen molar-refractivity contribution < 1.29 is 9.84 Å². The number of aliphatic hydroxyl groups excluding tert-OH is 1. The fourth-order valence-corrected chi connectivity index (χ4v) is 5.48. The van der Waals surface area contributed by atoms with E-state index in [-0.39, 0.29) is 23.8 Å². The Kier molecular flexibility index (Phi) is 11.2. The Labute approximate surface area is 259 Å². The van der Waals surface area contributed by atoms with Gasteiger partial charge in [-0.25, -0.2) is 9.97 Å². The van der Waals surface area contributed by atoms with Gasteiger partial charge in [0.25, 0.3) is 11.1 Å². The smallest absolute Gasteiger partial charge is 0.266 e. The minimum absolute atomic E-state index is 0.0213. The number of aliphatic hydroxyl groups is 1. The Hall–Kier alpha value is -3.42. The SMILES string of the molecule is CCNc1nc(C)c2cc(C)c(=O)n(CCCOC(C)CCc3nc(NCC)nc4c3cc(Br)c(=O)n4CCCO)c2n1. The molecule has 0 aliphatic heterocycles. The molecule has 4 aromatic heterocycles. The first-order valence-corrected chi connectivity index (χ1v) is 15.7. The second kappa shape index (κ2) is 14.8. The highest BCUT2D eigenvalue weighted by Gasteiger charge is 2.17. The fraction of sp³-hybridized carbons (Fsp3) is 0.533. The van der Waals surface area contributed by atoms with Crippen LogP contribution in [0.3, 0.4) is 0 Å². The maximum Gasteiger partial charge on any atom is 0.266 e. The fourth-order valence-electron chi connectivity index (χ4n) is 5.04. The molecule has 3 N–H and O–H groups in total. The molecule has 0 aliphatic carbocycles. The average Bonchev–Trinajstić information content (AvgIpc) is 2.97. The van der Waals surface area contributed by atoms with E-state index in [0.717, 1.165) is 22.2 Å². The van der Waals surface area contributed by atoms with E-state index < -0.39 is 0 Å². The van der Waals surface area contributed by atoms with Gasteiger partial charge in [0.1, 0.15) is 11.3 Å². The lowest BCUT2D eigenvalue weighted by Crippen LogP contribution is -2.25. The summed E-state index contributed by atoms with van der Waals surface area (Å²) in [5, 5.41) is 17.3. The summed E-state index contributed by atoms with van der Waals surface area (Å²) in [5.74, 6) is 0.978. The van der Waals surface area contributed by atoms with Crippen LogP contribution in [0.4, 0.5) is 11.9 Å². The van der Waals surface area contributed by atoms with Gasteiger partial charge in [-0.05, 0) is 88.4 Å². The standard InChI is InChI=1S/C30H41BrN8O4/c1-6-32-29-34-20(5)21-16-18(3)27(41)38(25(21)36-29)13-9-15-43-19(4)10-11-24-22-17-23(31)28(42)39(12-8-14-40)26(22)37-30(35-24)33-7-2/h16-17,19,40H,6-15H2,1-5H3,(H,32,34,36)(H,33,35,37). The van der Waals surface area contributed by atoms with Gasteiger partial charge in [-0.1, -0.05) is 0 Å². The summed E-state index contributed by atoms with van der Waals surface area (Å²) >= 11 is 3.40. The number of nitrogens with zero attached hydrogens (tertiary/aromatic N) is 6. The summed E-state index contributed by atoms with van der Waals surface area (Å²) in [6.07, 6.45) is 2.35. The molecule has 232 valence electrons. The number of aromatic nitrogens is 6. The van der Waals surface area contributed by atoms with E-state index in [2.05, 4.69) is 41.5 Å². The Morgan fingerprint density at radius 1 is 0.907 bits per heavy atom. The van der Waals surface area contributed by atoms with Gasteiger partial charge in [-0.3, -0.25) is 18.7 Å². The number of pyridine rings is 2. The maximum absolute atomic E-state index is 13.0. The molecule has 0 amide bonds. The number of hydrogen-bond donors (Lipinski definition) is 3. The van der Waals surface area contributed by atoms with Gasteiger partial charge < -0.3 is 20.5 Å². The topological polar surface area (TPSA) is 149 Å². The lowest BCUT2D eigenvalue weighted by molar-refractivity contribution is 0.0569. The number of hydrogen-bond acceptors (Lipinski definition) is 10. The van der Waals surface area contributed by atoms with Gasteiger partial charge in [0.05, 0.1) is 22.0 Å². The molecular weight excluding hydrogens is 616 g/mol. The van der Waals surface area contributed by atoms with Crippen LogP contribution in [0.5, 0.6) is 0 Å². The Bertz CT molecular complexity index is 1700. The van der Waals surface area contributed by atoms with Crippen LogP contribution >= 0.6 is 15.9 Å². The van der Waals surface area contributed by atoms with Crippen LogP contribution in [0, 0.1) is 13.8 Å². The highest BCUT2D eigenvalue weighted by atomic mass is 79.9. The van der Waals surface area contributed by atoms with Crippen molar-refractivity contribution in [1.82, 2.24) is 29.1 Å². The van der Waals surface area contributed by atoms with E-state index in [4.69, 9.17) is 9.72 Å². The molecule has 1 unspecified atom stereocenters. The zero-order valence-corrected chi connectivity index (χ0v) is 27.1. The quantitative estimate of drug-likeness (QED) is 0.161. The minimum atomic E-state index is -0.190. The molecule has 0 saturated heterocycles. The maximum atomic E-state index is 13.0. The average molecular weight is 658 g/mol. The van der Waals surface area contributed by atoms with Crippen molar-refractivity contribution in [2.75, 3.05) is 36.9 Å². The van der Waals surface area contributed by atoms with Crippen LogP contribution in [0.1, 0.15) is 57.0 Å². The van der Waals surface area contributed by atoms with Gasteiger partial charge in [0.15, 0.2) is 0 Å². The second-order valence-electron chi connectivity index (χ2n) is 10.5. The molecule has 4 heterocycles. The van der Waals surface area contributed by atoms with Crippen LogP contribution in [0.2, 0.25) is 0 Å². The van der Waals surface area contributed by atoms with E-state index in [1.165, 1.54) is 0 Å². The van der Waals surface area contributed by atoms with Crippen molar-refractivity contribution in [3.05, 3.63) is 54.3 Å². The molecular formula is C30H41BrN8O4. The van der Waals surface area contributed by atoms with E-state index in [1.54, 1.807) is 15.2 Å². The molecule has 0 aromatic carbocycles. The summed E-state index contributed by atoms with van der Waals surface area (Å²) in [4.78, 5) is 44.4. The predicted octanol–water partition coefficient (Wildman–Crippen LogP) is 3.95. The lowest BCUT2D eigenvalue weighted by Gasteiger charge is -2.17. The molecule has 12 nitrogen and oxygen atoms in total. The van der Waals surface area contributed by atoms with E-state index in [1.807, 2.05) is 40.7 Å². The largest absolute Gasteiger partial charge is 0.396 e. The first kappa shape index (κ1) is 32.5. The highest BCUT2D eigenvalue weighted by Crippen LogP contribution is 2.23. The summed E-state index contributed by atoms with van der Waals surface area (Å²) < 4.78 is 9.89. The zero-order chi connectivity index (χ0) is 31.1. The number of rotatable bonds is 15. The summed E-state index contributed by atoms with van der Waals surface area (Å²) in [6, 6.07) is 3.64. The minimum Gasteiger partial charge on any atom is -0.396 e. The molecule has 4 rings (SSSR count). The van der Waals surface area contributed by atoms with E-state index >= 15 is 0 Å². The lowest BCUT2D eigenvalue weighted by atomic mass is 10.1. The Morgan fingerprint density at radius 2 is 1.53 bits per heavy atom. The molecule has 0 aliphatic rings. The van der Waals surface area contributed by atoms with Crippen molar-refractivity contribution in [3.63, 3.8) is 0 Å². The van der Waals surface area contributed by atoms with Crippen LogP contribution in [0.15, 0.2) is 26.2 Å². The molecule has 4 aromatic rings. The molecule has 1 atom stereocenters. The molecule has 0 bridgehead atoms. The van der Waals surface area contributed by atoms with Gasteiger partial charge >= 0.3 is 0 Å². The Balaban J connectivity index is 1.46. The van der Waals surface area contributed by atoms with Crippen molar-refractivity contribution in [2.45, 2.75) is 79.5 Å². The molecule has 0 saturated carbocycles. The predicted molar refractivity (Wildman–Crippen MR) is 173 cm³/mol. The monoisotopic (exact) mass is 656 g/mol. The van der Waals surface area contributed by atoms with Gasteiger partial charge in [-0.2, -0.15) is 9.97 Å². The third-order valence-electron chi connectivity index (χ3n) is 7.22. The molecule has 43 heavy (non-hydrogen) atoms. The van der Waals surface area contributed by atoms with Gasteiger partial charge in [0.2, 0.25) is 11.9 Å². The number of nitrogens with one attached hydrogen (secondary N) is 2. The molecule has 0 radical (unpaired) electrons. The number of halogens is 1. The highest BCUT2D eigenvalue weighted by molar-refractivity contribution is 9.10. The van der Waals surface area contributed by atoms with Crippen LogP contribution in [0.25, 0.3) is 22.1 Å². The molecule has 0 spiro atoms. The van der Waals surface area contributed by atoms with Crippen LogP contribution in [-0.4, -0.2) is 66.6 Å². The van der Waals surface area contributed by atoms with E-state index in [9.17, 15) is 14.7 Å². The number of aryl methyl sites for hydroxylation is 5. The zero-order valence-electron chi connectivity index (χ0n) is 25.5. The molecule has 0 fully saturated rings. The van der Waals surface area contributed by atoms with Gasteiger partial charge in [-0.15, -0.1) is 0 Å². The first-order chi connectivity index (χ1) is 20.7. The summed E-state index contributed by atoms with van der Waals surface area (Å²) in [5.41, 5.74) is 3.23. The van der Waals surface area contributed by atoms with Crippen molar-refractivity contribution >= 4 is 49.9 Å². The summed E-state index contributed by atoms with van der Waals surface area (Å²) in [6.45, 7) is 12.3. The molecule has 13 heteroatoms. The first-order valence-electron chi connectivity index (χ1n) is 14.9. The summed E-state index contributed by atoms with van der Waals surface area (Å²) in [7, 11) is 0. The Morgan fingerprint density at radius 3 is 2.21 bits per heavy atom. The van der Waals surface area contributed by atoms with Crippen molar-refractivity contribution in [2.24, 2.45) is 0 Å². The number of anilines is 2. The van der Waals surface area contributed by atoms with Crippen LogP contribution < -0.4 is 21.8 Å². The number of fused-ring (bicyclic) bond motifs is 2. The van der Waals surface area contributed by atoms with Crippen molar-refractivity contribution in [3.8, 4) is 0 Å². The van der Waals surface area contributed by atoms with Crippen molar-refractivity contribution in [1.29, 1.82) is 0 Å². The van der Waals surface area contributed by atoms with Crippen LogP contribution in [-0.2, 0) is 24.2 Å². The second-order valence-corrected chi connectivity index (χ2v) is 11.4. The van der Waals surface area contributed by atoms with Gasteiger partial charge in [0, 0.05) is 55.7 Å². The number of ether oxygens (including phenoxy) is 1. The third kappa shape index (κ3) is 7.57. The normalized spacial score (nSPS) is 12.3. The van der Waals surface area contributed by atoms with E-state index in [0.29, 0.717) is 91.7 Å². The third-order valence-corrected chi connectivity index (χ3v) is 7.79.